The number of Topliss-reactive ketones (excluding diaryl/α,β-unsaturated/α-hetero) is 1. The lowest BCUT2D eigenvalue weighted by Gasteiger charge is -2.20. The number of rotatable bonds is 6. The van der Waals surface area contributed by atoms with E-state index < -0.39 is 0 Å². The van der Waals surface area contributed by atoms with Gasteiger partial charge in [0.05, 0.1) is 13.0 Å². The van der Waals surface area contributed by atoms with Gasteiger partial charge in [0.15, 0.2) is 0 Å². The van der Waals surface area contributed by atoms with Crippen LogP contribution in [-0.4, -0.2) is 18.9 Å². The standard InChI is InChI=1S/C13H22O3/c1-3-4-5-6-12(13(15)16-2)10-7-8-11(14)9-10/h10,12H,3-9H2,1-2H3/t10?,12-/m1/s1. The Hall–Kier alpha value is -0.860. The Morgan fingerprint density at radius 2 is 2.25 bits per heavy atom. The van der Waals surface area contributed by atoms with Gasteiger partial charge in [-0.3, -0.25) is 9.59 Å². The van der Waals surface area contributed by atoms with Gasteiger partial charge in [-0.1, -0.05) is 26.2 Å². The lowest BCUT2D eigenvalue weighted by Crippen LogP contribution is -2.23. The lowest BCUT2D eigenvalue weighted by molar-refractivity contribution is -0.147. The van der Waals surface area contributed by atoms with Crippen LogP contribution in [0.2, 0.25) is 0 Å². The van der Waals surface area contributed by atoms with Crippen LogP contribution in [0.3, 0.4) is 0 Å². The molecule has 0 aromatic rings. The maximum absolute atomic E-state index is 11.7. The van der Waals surface area contributed by atoms with Crippen molar-refractivity contribution in [3.63, 3.8) is 0 Å². The van der Waals surface area contributed by atoms with Crippen LogP contribution in [0.15, 0.2) is 0 Å². The van der Waals surface area contributed by atoms with Crippen LogP contribution in [0.25, 0.3) is 0 Å². The smallest absolute Gasteiger partial charge is 0.308 e. The van der Waals surface area contributed by atoms with Crippen molar-refractivity contribution in [3.8, 4) is 0 Å². The lowest BCUT2D eigenvalue weighted by atomic mass is 9.86. The first-order chi connectivity index (χ1) is 7.69. The topological polar surface area (TPSA) is 43.4 Å². The number of hydrogen-bond donors (Lipinski definition) is 0. The molecule has 0 heterocycles. The molecule has 0 aliphatic heterocycles. The first-order valence-electron chi connectivity index (χ1n) is 6.28. The summed E-state index contributed by atoms with van der Waals surface area (Å²) in [5.41, 5.74) is 0. The molecule has 3 nitrogen and oxygen atoms in total. The van der Waals surface area contributed by atoms with Gasteiger partial charge in [-0.05, 0) is 18.8 Å². The van der Waals surface area contributed by atoms with E-state index in [0.717, 1.165) is 32.1 Å². The maximum atomic E-state index is 11.7. The van der Waals surface area contributed by atoms with E-state index in [1.165, 1.54) is 7.11 Å². The average Bonchev–Trinajstić information content (AvgIpc) is 2.70. The van der Waals surface area contributed by atoms with Gasteiger partial charge < -0.3 is 4.74 Å². The molecule has 1 saturated carbocycles. The van der Waals surface area contributed by atoms with E-state index in [4.69, 9.17) is 4.74 Å². The van der Waals surface area contributed by atoms with Gasteiger partial charge in [0.25, 0.3) is 0 Å². The number of carbonyl (C=O) groups is 2. The van der Waals surface area contributed by atoms with Gasteiger partial charge in [0.1, 0.15) is 5.78 Å². The van der Waals surface area contributed by atoms with Crippen molar-refractivity contribution in [2.24, 2.45) is 11.8 Å². The minimum Gasteiger partial charge on any atom is -0.469 e. The first kappa shape index (κ1) is 13.2. The van der Waals surface area contributed by atoms with Gasteiger partial charge in [-0.25, -0.2) is 0 Å². The fraction of sp³-hybridized carbons (Fsp3) is 0.846. The molecule has 0 spiro atoms. The number of unbranched alkanes of at least 4 members (excludes halogenated alkanes) is 2. The van der Waals surface area contributed by atoms with E-state index in [1.807, 2.05) is 0 Å². The van der Waals surface area contributed by atoms with Gasteiger partial charge in [0, 0.05) is 12.8 Å². The molecule has 2 atom stereocenters. The monoisotopic (exact) mass is 226 g/mol. The molecule has 1 rings (SSSR count). The first-order valence-corrected chi connectivity index (χ1v) is 6.28. The molecule has 16 heavy (non-hydrogen) atoms. The fourth-order valence-corrected chi connectivity index (χ4v) is 2.50. The van der Waals surface area contributed by atoms with Crippen molar-refractivity contribution in [2.45, 2.75) is 51.9 Å². The van der Waals surface area contributed by atoms with Crippen LogP contribution in [-0.2, 0) is 14.3 Å². The Bertz CT molecular complexity index is 248. The molecule has 0 saturated heterocycles. The number of esters is 1. The van der Waals surface area contributed by atoms with Crippen LogP contribution in [0.4, 0.5) is 0 Å². The van der Waals surface area contributed by atoms with Crippen molar-refractivity contribution >= 4 is 11.8 Å². The minimum absolute atomic E-state index is 0.0528. The SMILES string of the molecule is CCCCC[C@@H](C(=O)OC)C1CCC(=O)C1. The minimum atomic E-state index is -0.129. The third kappa shape index (κ3) is 3.62. The van der Waals surface area contributed by atoms with Crippen LogP contribution in [0.1, 0.15) is 51.9 Å². The van der Waals surface area contributed by atoms with Gasteiger partial charge >= 0.3 is 5.97 Å². The van der Waals surface area contributed by atoms with Crippen LogP contribution >= 0.6 is 0 Å². The Balaban J connectivity index is 2.49. The Kier molecular flexibility index (Phi) is 5.50. The van der Waals surface area contributed by atoms with Gasteiger partial charge in [-0.2, -0.15) is 0 Å². The number of ketones is 1. The van der Waals surface area contributed by atoms with Crippen LogP contribution < -0.4 is 0 Å². The zero-order chi connectivity index (χ0) is 12.0. The highest BCUT2D eigenvalue weighted by atomic mass is 16.5. The third-order valence-electron chi connectivity index (χ3n) is 3.48. The molecule has 1 fully saturated rings. The van der Waals surface area contributed by atoms with E-state index >= 15 is 0 Å². The zero-order valence-electron chi connectivity index (χ0n) is 10.3. The fourth-order valence-electron chi connectivity index (χ4n) is 2.50. The summed E-state index contributed by atoms with van der Waals surface area (Å²) >= 11 is 0. The van der Waals surface area contributed by atoms with Crippen molar-refractivity contribution in [3.05, 3.63) is 0 Å². The van der Waals surface area contributed by atoms with E-state index in [0.29, 0.717) is 18.6 Å². The highest BCUT2D eigenvalue weighted by Crippen LogP contribution is 2.33. The number of ether oxygens (including phenoxy) is 1. The molecule has 0 radical (unpaired) electrons. The summed E-state index contributed by atoms with van der Waals surface area (Å²) in [6.07, 6.45) is 6.31. The van der Waals surface area contributed by atoms with E-state index in [-0.39, 0.29) is 17.8 Å². The predicted molar refractivity (Wildman–Crippen MR) is 62.0 cm³/mol. The molecular weight excluding hydrogens is 204 g/mol. The molecule has 0 aromatic carbocycles. The summed E-state index contributed by atoms with van der Waals surface area (Å²) < 4.78 is 4.84. The molecule has 0 aromatic heterocycles. The highest BCUT2D eigenvalue weighted by molar-refractivity contribution is 5.82. The molecule has 1 unspecified atom stereocenters. The molecule has 1 aliphatic rings. The van der Waals surface area contributed by atoms with Crippen molar-refractivity contribution < 1.29 is 14.3 Å². The number of carbonyl (C=O) groups excluding carboxylic acids is 2. The summed E-state index contributed by atoms with van der Waals surface area (Å²) in [6.45, 7) is 2.15. The summed E-state index contributed by atoms with van der Waals surface area (Å²) in [6, 6.07) is 0. The summed E-state index contributed by atoms with van der Waals surface area (Å²) in [5, 5.41) is 0. The Labute approximate surface area is 97.5 Å². The normalized spacial score (nSPS) is 22.1. The second kappa shape index (κ2) is 6.66. The zero-order valence-corrected chi connectivity index (χ0v) is 10.3. The van der Waals surface area contributed by atoms with E-state index in [9.17, 15) is 9.59 Å². The largest absolute Gasteiger partial charge is 0.469 e. The van der Waals surface area contributed by atoms with Crippen molar-refractivity contribution in [1.82, 2.24) is 0 Å². The number of methoxy groups -OCH3 is 1. The van der Waals surface area contributed by atoms with Crippen molar-refractivity contribution in [1.29, 1.82) is 0 Å². The molecular formula is C13H22O3. The predicted octanol–water partition coefficient (Wildman–Crippen LogP) is 2.73. The Morgan fingerprint density at radius 3 is 2.75 bits per heavy atom. The van der Waals surface area contributed by atoms with Crippen LogP contribution in [0.5, 0.6) is 0 Å². The molecule has 0 bridgehead atoms. The second-order valence-corrected chi connectivity index (χ2v) is 4.67. The third-order valence-corrected chi connectivity index (χ3v) is 3.48. The maximum Gasteiger partial charge on any atom is 0.308 e. The summed E-state index contributed by atoms with van der Waals surface area (Å²) in [5.74, 6) is 0.352. The number of hydrogen-bond acceptors (Lipinski definition) is 3. The molecule has 0 amide bonds. The van der Waals surface area contributed by atoms with E-state index in [1.54, 1.807) is 0 Å². The molecule has 0 N–H and O–H groups in total. The summed E-state index contributed by atoms with van der Waals surface area (Å²) in [7, 11) is 1.44. The summed E-state index contributed by atoms with van der Waals surface area (Å²) in [4.78, 5) is 22.9. The van der Waals surface area contributed by atoms with Gasteiger partial charge in [0.2, 0.25) is 0 Å². The average molecular weight is 226 g/mol. The molecule has 3 heteroatoms. The quantitative estimate of drug-likeness (QED) is 0.516. The molecule has 92 valence electrons. The van der Waals surface area contributed by atoms with Crippen LogP contribution in [0, 0.1) is 11.8 Å². The van der Waals surface area contributed by atoms with E-state index in [2.05, 4.69) is 6.92 Å². The highest BCUT2D eigenvalue weighted by Gasteiger charge is 2.34. The Morgan fingerprint density at radius 1 is 1.50 bits per heavy atom. The van der Waals surface area contributed by atoms with Gasteiger partial charge in [-0.15, -0.1) is 0 Å². The molecule has 1 aliphatic carbocycles. The second-order valence-electron chi connectivity index (χ2n) is 4.67. The van der Waals surface area contributed by atoms with Crippen molar-refractivity contribution in [2.75, 3.05) is 7.11 Å².